The lowest BCUT2D eigenvalue weighted by Crippen LogP contribution is -2.20. The predicted octanol–water partition coefficient (Wildman–Crippen LogP) is 6.47. The second-order valence-corrected chi connectivity index (χ2v) is 7.42. The third-order valence-electron chi connectivity index (χ3n) is 4.33. The quantitative estimate of drug-likeness (QED) is 0.395. The number of carbonyl (C=O) groups excluding carboxylic acids is 1. The van der Waals surface area contributed by atoms with Gasteiger partial charge in [0.1, 0.15) is 0 Å². The number of anilines is 1. The Morgan fingerprint density at radius 2 is 1.81 bits per heavy atom. The van der Waals surface area contributed by atoms with Crippen molar-refractivity contribution < 1.29 is 14.3 Å². The molecule has 0 aromatic heterocycles. The molecule has 0 atom stereocenters. The molecule has 3 aromatic carbocycles. The molecule has 5 nitrogen and oxygen atoms in total. The predicted molar refractivity (Wildman–Crippen MR) is 127 cm³/mol. The smallest absolute Gasteiger partial charge is 0.262 e. The third kappa shape index (κ3) is 6.23. The number of hydrogen-bond donors (Lipinski definition) is 1. The zero-order valence-electron chi connectivity index (χ0n) is 17.2. The summed E-state index contributed by atoms with van der Waals surface area (Å²) < 4.78 is 11.4. The van der Waals surface area contributed by atoms with Gasteiger partial charge >= 0.3 is 0 Å². The van der Waals surface area contributed by atoms with Crippen LogP contribution in [0.1, 0.15) is 18.1 Å². The van der Waals surface area contributed by atoms with E-state index in [4.69, 9.17) is 32.7 Å². The first-order chi connectivity index (χ1) is 15.0. The van der Waals surface area contributed by atoms with Crippen molar-refractivity contribution in [2.75, 3.05) is 18.5 Å². The van der Waals surface area contributed by atoms with Crippen LogP contribution in [0.2, 0.25) is 10.0 Å². The average molecular weight is 457 g/mol. The highest BCUT2D eigenvalue weighted by atomic mass is 35.5. The normalized spacial score (nSPS) is 10.8. The standard InChI is InChI=1S/C24H22Cl2N2O3/c1-3-30-22-13-17(14-27-21-11-7-10-19(25)16(21)2)12-20(26)24(22)31-15-23(29)28-18-8-5-4-6-9-18/h4-14H,3,15H2,1-2H3,(H,28,29). The maximum absolute atomic E-state index is 12.2. The van der Waals surface area contributed by atoms with Crippen LogP contribution in [0.15, 0.2) is 65.7 Å². The summed E-state index contributed by atoms with van der Waals surface area (Å²) in [6.07, 6.45) is 1.68. The van der Waals surface area contributed by atoms with Crippen molar-refractivity contribution in [2.45, 2.75) is 13.8 Å². The average Bonchev–Trinajstić information content (AvgIpc) is 2.75. The SMILES string of the molecule is CCOc1cc(C=Nc2cccc(Cl)c2C)cc(Cl)c1OCC(=O)Nc1ccccc1. The Hall–Kier alpha value is -3.02. The number of hydrogen-bond acceptors (Lipinski definition) is 4. The van der Waals surface area contributed by atoms with Crippen molar-refractivity contribution in [1.82, 2.24) is 0 Å². The first kappa shape index (κ1) is 22.7. The Morgan fingerprint density at radius 3 is 2.55 bits per heavy atom. The van der Waals surface area contributed by atoms with Crippen molar-refractivity contribution >= 4 is 46.7 Å². The summed E-state index contributed by atoms with van der Waals surface area (Å²) in [5.41, 5.74) is 3.07. The van der Waals surface area contributed by atoms with E-state index in [1.165, 1.54) is 0 Å². The molecule has 0 aliphatic heterocycles. The lowest BCUT2D eigenvalue weighted by molar-refractivity contribution is -0.118. The minimum absolute atomic E-state index is 0.205. The second-order valence-electron chi connectivity index (χ2n) is 6.61. The summed E-state index contributed by atoms with van der Waals surface area (Å²) in [5.74, 6) is 0.446. The third-order valence-corrected chi connectivity index (χ3v) is 5.02. The van der Waals surface area contributed by atoms with Gasteiger partial charge < -0.3 is 14.8 Å². The van der Waals surface area contributed by atoms with Gasteiger partial charge in [-0.05, 0) is 61.4 Å². The van der Waals surface area contributed by atoms with Crippen LogP contribution in [0.5, 0.6) is 11.5 Å². The number of benzene rings is 3. The van der Waals surface area contributed by atoms with Crippen LogP contribution in [0.3, 0.4) is 0 Å². The van der Waals surface area contributed by atoms with E-state index in [-0.39, 0.29) is 12.5 Å². The van der Waals surface area contributed by atoms with Gasteiger partial charge in [-0.3, -0.25) is 9.79 Å². The largest absolute Gasteiger partial charge is 0.490 e. The summed E-state index contributed by atoms with van der Waals surface area (Å²) >= 11 is 12.6. The van der Waals surface area contributed by atoms with Gasteiger partial charge in [0, 0.05) is 16.9 Å². The summed E-state index contributed by atoms with van der Waals surface area (Å²) in [4.78, 5) is 16.7. The molecular formula is C24H22Cl2N2O3. The van der Waals surface area contributed by atoms with Crippen LogP contribution in [0.25, 0.3) is 0 Å². The molecule has 0 aliphatic rings. The number of para-hydroxylation sites is 1. The van der Waals surface area contributed by atoms with E-state index in [0.717, 1.165) is 16.8 Å². The maximum atomic E-state index is 12.2. The Labute approximate surface area is 191 Å². The Balaban J connectivity index is 1.76. The fourth-order valence-electron chi connectivity index (χ4n) is 2.80. The van der Waals surface area contributed by atoms with E-state index >= 15 is 0 Å². The number of nitrogens with one attached hydrogen (secondary N) is 1. The molecule has 0 spiro atoms. The zero-order valence-corrected chi connectivity index (χ0v) is 18.7. The number of ether oxygens (including phenoxy) is 2. The summed E-state index contributed by atoms with van der Waals surface area (Å²) in [6.45, 7) is 3.97. The van der Waals surface area contributed by atoms with Crippen LogP contribution in [-0.4, -0.2) is 25.3 Å². The molecule has 3 rings (SSSR count). The molecule has 3 aromatic rings. The molecule has 1 N–H and O–H groups in total. The monoisotopic (exact) mass is 456 g/mol. The molecule has 160 valence electrons. The Bertz CT molecular complexity index is 1090. The minimum atomic E-state index is -0.299. The van der Waals surface area contributed by atoms with Gasteiger partial charge in [-0.25, -0.2) is 0 Å². The van der Waals surface area contributed by atoms with Crippen molar-refractivity contribution in [3.8, 4) is 11.5 Å². The fraction of sp³-hybridized carbons (Fsp3) is 0.167. The fourth-order valence-corrected chi connectivity index (χ4v) is 3.25. The van der Waals surface area contributed by atoms with Gasteiger partial charge in [0.15, 0.2) is 18.1 Å². The van der Waals surface area contributed by atoms with Gasteiger partial charge in [-0.15, -0.1) is 0 Å². The molecule has 0 radical (unpaired) electrons. The number of amides is 1. The Morgan fingerprint density at radius 1 is 1.03 bits per heavy atom. The van der Waals surface area contributed by atoms with E-state index in [1.807, 2.05) is 50.2 Å². The first-order valence-electron chi connectivity index (χ1n) is 9.71. The van der Waals surface area contributed by atoms with Gasteiger partial charge in [-0.2, -0.15) is 0 Å². The summed E-state index contributed by atoms with van der Waals surface area (Å²) in [5, 5.41) is 3.74. The topological polar surface area (TPSA) is 59.9 Å². The Kier molecular flexibility index (Phi) is 7.93. The van der Waals surface area contributed by atoms with Crippen molar-refractivity contribution in [3.05, 3.63) is 81.8 Å². The number of nitrogens with zero attached hydrogens (tertiary/aromatic N) is 1. The van der Waals surface area contributed by atoms with Gasteiger partial charge in [-0.1, -0.05) is 47.5 Å². The van der Waals surface area contributed by atoms with Gasteiger partial charge in [0.25, 0.3) is 5.91 Å². The lowest BCUT2D eigenvalue weighted by atomic mass is 10.2. The maximum Gasteiger partial charge on any atom is 0.262 e. The van der Waals surface area contributed by atoms with E-state index < -0.39 is 0 Å². The highest BCUT2D eigenvalue weighted by Gasteiger charge is 2.14. The first-order valence-corrected chi connectivity index (χ1v) is 10.5. The van der Waals surface area contributed by atoms with Crippen LogP contribution in [-0.2, 0) is 4.79 Å². The molecular weight excluding hydrogens is 435 g/mol. The second kappa shape index (κ2) is 10.8. The molecule has 7 heteroatoms. The molecule has 0 saturated carbocycles. The summed E-state index contributed by atoms with van der Waals surface area (Å²) in [6, 6.07) is 18.2. The number of halogens is 2. The van der Waals surface area contributed by atoms with E-state index in [9.17, 15) is 4.79 Å². The molecule has 0 heterocycles. The van der Waals surface area contributed by atoms with Crippen molar-refractivity contribution in [1.29, 1.82) is 0 Å². The highest BCUT2D eigenvalue weighted by Crippen LogP contribution is 2.36. The van der Waals surface area contributed by atoms with Crippen LogP contribution in [0.4, 0.5) is 11.4 Å². The molecule has 0 aliphatic carbocycles. The molecule has 31 heavy (non-hydrogen) atoms. The van der Waals surface area contributed by atoms with Crippen LogP contribution < -0.4 is 14.8 Å². The van der Waals surface area contributed by atoms with Gasteiger partial charge in [0.2, 0.25) is 0 Å². The highest BCUT2D eigenvalue weighted by molar-refractivity contribution is 6.32. The van der Waals surface area contributed by atoms with E-state index in [1.54, 1.807) is 30.5 Å². The van der Waals surface area contributed by atoms with Gasteiger partial charge in [0.05, 0.1) is 17.3 Å². The molecule has 0 fully saturated rings. The molecule has 1 amide bonds. The van der Waals surface area contributed by atoms with E-state index in [2.05, 4.69) is 10.3 Å². The lowest BCUT2D eigenvalue weighted by Gasteiger charge is -2.14. The molecule has 0 saturated heterocycles. The summed E-state index contributed by atoms with van der Waals surface area (Å²) in [7, 11) is 0. The number of aliphatic imine (C=N–C) groups is 1. The molecule has 0 unspecified atom stereocenters. The van der Waals surface area contributed by atoms with Crippen molar-refractivity contribution in [3.63, 3.8) is 0 Å². The minimum Gasteiger partial charge on any atom is -0.490 e. The van der Waals surface area contributed by atoms with Crippen LogP contribution in [0, 0.1) is 6.92 Å². The number of rotatable bonds is 8. The van der Waals surface area contributed by atoms with Crippen molar-refractivity contribution in [2.24, 2.45) is 4.99 Å². The zero-order chi connectivity index (χ0) is 22.2. The van der Waals surface area contributed by atoms with Crippen LogP contribution >= 0.6 is 23.2 Å². The molecule has 0 bridgehead atoms. The number of carbonyl (C=O) groups is 1. The van der Waals surface area contributed by atoms with E-state index in [0.29, 0.717) is 33.8 Å².